The van der Waals surface area contributed by atoms with E-state index in [1.807, 2.05) is 0 Å². The van der Waals surface area contributed by atoms with Crippen LogP contribution >= 0.6 is 0 Å². The molecule has 0 radical (unpaired) electrons. The normalized spacial score (nSPS) is 15.7. The SMILES string of the molecule is O=C(CCNC(=O)c1ccc(F)cc1F)N[C@@H]1CCCc2cc(F)ccc21. The highest BCUT2D eigenvalue weighted by Crippen LogP contribution is 2.30. The summed E-state index contributed by atoms with van der Waals surface area (Å²) >= 11 is 0. The number of halogens is 3. The van der Waals surface area contributed by atoms with E-state index in [9.17, 15) is 22.8 Å². The van der Waals surface area contributed by atoms with E-state index < -0.39 is 17.5 Å². The molecule has 0 fully saturated rings. The van der Waals surface area contributed by atoms with Crippen LogP contribution in [0.2, 0.25) is 0 Å². The molecule has 0 aliphatic heterocycles. The quantitative estimate of drug-likeness (QED) is 0.840. The Morgan fingerprint density at radius 3 is 2.56 bits per heavy atom. The summed E-state index contributed by atoms with van der Waals surface area (Å²) in [5.74, 6) is -2.99. The molecule has 2 amide bonds. The van der Waals surface area contributed by atoms with Crippen LogP contribution in [0.25, 0.3) is 0 Å². The van der Waals surface area contributed by atoms with Crippen molar-refractivity contribution in [2.24, 2.45) is 0 Å². The highest BCUT2D eigenvalue weighted by atomic mass is 19.1. The molecule has 4 nitrogen and oxygen atoms in total. The molecule has 1 aliphatic carbocycles. The van der Waals surface area contributed by atoms with Gasteiger partial charge in [0.25, 0.3) is 5.91 Å². The fourth-order valence-corrected chi connectivity index (χ4v) is 3.26. The second-order valence-corrected chi connectivity index (χ2v) is 6.49. The number of hydrogen-bond acceptors (Lipinski definition) is 2. The number of carbonyl (C=O) groups is 2. The second kappa shape index (κ2) is 8.24. The lowest BCUT2D eigenvalue weighted by Crippen LogP contribution is -2.34. The molecule has 0 spiro atoms. The number of benzene rings is 2. The lowest BCUT2D eigenvalue weighted by Gasteiger charge is -2.26. The molecule has 0 saturated heterocycles. The third kappa shape index (κ3) is 4.67. The van der Waals surface area contributed by atoms with Gasteiger partial charge in [-0.2, -0.15) is 0 Å². The van der Waals surface area contributed by atoms with Crippen molar-refractivity contribution in [3.8, 4) is 0 Å². The van der Waals surface area contributed by atoms with Crippen LogP contribution in [0.1, 0.15) is 46.8 Å². The molecule has 1 aliphatic rings. The first-order valence-electron chi connectivity index (χ1n) is 8.75. The Bertz CT molecular complexity index is 870. The number of fused-ring (bicyclic) bond motifs is 1. The van der Waals surface area contributed by atoms with Crippen LogP contribution in [0, 0.1) is 17.5 Å². The van der Waals surface area contributed by atoms with Crippen molar-refractivity contribution in [2.45, 2.75) is 31.7 Å². The molecule has 0 bridgehead atoms. The first-order chi connectivity index (χ1) is 12.9. The predicted octanol–water partition coefficient (Wildman–Crippen LogP) is 3.42. The van der Waals surface area contributed by atoms with Crippen molar-refractivity contribution < 1.29 is 22.8 Å². The van der Waals surface area contributed by atoms with E-state index in [2.05, 4.69) is 10.6 Å². The maximum absolute atomic E-state index is 13.6. The van der Waals surface area contributed by atoms with Crippen molar-refractivity contribution in [1.29, 1.82) is 0 Å². The zero-order valence-electron chi connectivity index (χ0n) is 14.5. The molecule has 2 aromatic rings. The topological polar surface area (TPSA) is 58.2 Å². The number of rotatable bonds is 5. The Balaban J connectivity index is 1.51. The van der Waals surface area contributed by atoms with E-state index in [4.69, 9.17) is 0 Å². The molecule has 27 heavy (non-hydrogen) atoms. The van der Waals surface area contributed by atoms with Gasteiger partial charge in [0.15, 0.2) is 0 Å². The van der Waals surface area contributed by atoms with E-state index in [-0.39, 0.29) is 36.3 Å². The largest absolute Gasteiger partial charge is 0.351 e. The maximum atomic E-state index is 13.6. The van der Waals surface area contributed by atoms with Gasteiger partial charge in [0, 0.05) is 19.0 Å². The molecule has 0 aromatic heterocycles. The zero-order valence-corrected chi connectivity index (χ0v) is 14.5. The minimum absolute atomic E-state index is 0.0155. The summed E-state index contributed by atoms with van der Waals surface area (Å²) in [5, 5.41) is 5.33. The summed E-state index contributed by atoms with van der Waals surface area (Å²) in [4.78, 5) is 24.1. The summed E-state index contributed by atoms with van der Waals surface area (Å²) in [6.07, 6.45) is 2.40. The lowest BCUT2D eigenvalue weighted by atomic mass is 9.87. The maximum Gasteiger partial charge on any atom is 0.254 e. The average Bonchev–Trinajstić information content (AvgIpc) is 2.61. The Kier molecular flexibility index (Phi) is 5.78. The van der Waals surface area contributed by atoms with E-state index in [0.717, 1.165) is 42.5 Å². The van der Waals surface area contributed by atoms with Gasteiger partial charge in [-0.15, -0.1) is 0 Å². The Morgan fingerprint density at radius 2 is 1.78 bits per heavy atom. The van der Waals surface area contributed by atoms with Crippen LogP contribution < -0.4 is 10.6 Å². The fourth-order valence-electron chi connectivity index (χ4n) is 3.26. The Morgan fingerprint density at radius 1 is 1.04 bits per heavy atom. The zero-order chi connectivity index (χ0) is 19.4. The first kappa shape index (κ1) is 18.9. The minimum atomic E-state index is -0.956. The van der Waals surface area contributed by atoms with Gasteiger partial charge in [-0.1, -0.05) is 6.07 Å². The number of nitrogens with one attached hydrogen (secondary N) is 2. The smallest absolute Gasteiger partial charge is 0.254 e. The minimum Gasteiger partial charge on any atom is -0.351 e. The summed E-state index contributed by atoms with van der Waals surface area (Å²) in [7, 11) is 0. The van der Waals surface area contributed by atoms with Gasteiger partial charge in [-0.3, -0.25) is 9.59 Å². The van der Waals surface area contributed by atoms with Crippen LogP contribution in [0.15, 0.2) is 36.4 Å². The Labute approximate surface area is 154 Å². The van der Waals surface area contributed by atoms with Gasteiger partial charge < -0.3 is 10.6 Å². The third-order valence-electron chi connectivity index (χ3n) is 4.57. The fraction of sp³-hybridized carbons (Fsp3) is 0.300. The van der Waals surface area contributed by atoms with E-state index in [1.165, 1.54) is 12.1 Å². The molecular weight excluding hydrogens is 357 g/mol. The molecular formula is C20H19F3N2O2. The molecule has 7 heteroatoms. The molecule has 2 N–H and O–H groups in total. The van der Waals surface area contributed by atoms with Crippen LogP contribution in [-0.4, -0.2) is 18.4 Å². The molecule has 1 atom stereocenters. The monoisotopic (exact) mass is 376 g/mol. The number of carbonyl (C=O) groups excluding carboxylic acids is 2. The predicted molar refractivity (Wildman–Crippen MR) is 93.5 cm³/mol. The van der Waals surface area contributed by atoms with Gasteiger partial charge >= 0.3 is 0 Å². The highest BCUT2D eigenvalue weighted by molar-refractivity contribution is 5.94. The number of aryl methyl sites for hydroxylation is 1. The third-order valence-corrected chi connectivity index (χ3v) is 4.57. The van der Waals surface area contributed by atoms with E-state index in [1.54, 1.807) is 6.07 Å². The van der Waals surface area contributed by atoms with E-state index >= 15 is 0 Å². The van der Waals surface area contributed by atoms with Crippen molar-refractivity contribution in [3.05, 3.63) is 70.5 Å². The van der Waals surface area contributed by atoms with Crippen molar-refractivity contribution in [3.63, 3.8) is 0 Å². The van der Waals surface area contributed by atoms with Crippen LogP contribution in [0.4, 0.5) is 13.2 Å². The summed E-state index contributed by atoms with van der Waals surface area (Å²) in [6, 6.07) is 7.05. The molecule has 0 heterocycles. The van der Waals surface area contributed by atoms with Crippen LogP contribution in [-0.2, 0) is 11.2 Å². The molecule has 3 rings (SSSR count). The molecule has 2 aromatic carbocycles. The van der Waals surface area contributed by atoms with Crippen LogP contribution in [0.5, 0.6) is 0 Å². The van der Waals surface area contributed by atoms with E-state index in [0.29, 0.717) is 6.07 Å². The van der Waals surface area contributed by atoms with Crippen molar-refractivity contribution in [1.82, 2.24) is 10.6 Å². The summed E-state index contributed by atoms with van der Waals surface area (Å²) in [6.45, 7) is 0.0183. The molecule has 0 unspecified atom stereocenters. The second-order valence-electron chi connectivity index (χ2n) is 6.49. The molecule has 0 saturated carbocycles. The number of amides is 2. The summed E-state index contributed by atoms with van der Waals surface area (Å²) in [5.41, 5.74) is 1.53. The van der Waals surface area contributed by atoms with Gasteiger partial charge in [-0.25, -0.2) is 13.2 Å². The van der Waals surface area contributed by atoms with Gasteiger partial charge in [0.2, 0.25) is 5.91 Å². The highest BCUT2D eigenvalue weighted by Gasteiger charge is 2.22. The Hall–Kier alpha value is -2.83. The molecule has 142 valence electrons. The van der Waals surface area contributed by atoms with Crippen LogP contribution in [0.3, 0.4) is 0 Å². The van der Waals surface area contributed by atoms with Gasteiger partial charge in [-0.05, 0) is 54.7 Å². The van der Waals surface area contributed by atoms with Gasteiger partial charge in [0.05, 0.1) is 11.6 Å². The van der Waals surface area contributed by atoms with Crippen molar-refractivity contribution in [2.75, 3.05) is 6.54 Å². The van der Waals surface area contributed by atoms with Crippen molar-refractivity contribution >= 4 is 11.8 Å². The number of hydrogen-bond donors (Lipinski definition) is 2. The standard InChI is InChI=1S/C20H19F3N2O2/c21-13-4-6-15-12(10-13)2-1-3-18(15)25-19(26)8-9-24-20(27)16-7-5-14(22)11-17(16)23/h4-7,10-11,18H,1-3,8-9H2,(H,24,27)(H,25,26)/t18-/m1/s1. The average molecular weight is 376 g/mol. The lowest BCUT2D eigenvalue weighted by molar-refractivity contribution is -0.121. The summed E-state index contributed by atoms with van der Waals surface area (Å²) < 4.78 is 39.8. The van der Waals surface area contributed by atoms with Gasteiger partial charge in [0.1, 0.15) is 17.5 Å². The first-order valence-corrected chi connectivity index (χ1v) is 8.75.